The van der Waals surface area contributed by atoms with E-state index in [1.807, 2.05) is 32.9 Å². The van der Waals surface area contributed by atoms with Crippen molar-refractivity contribution in [2.75, 3.05) is 45.1 Å². The zero-order chi connectivity index (χ0) is 24.9. The molecule has 0 spiro atoms. The van der Waals surface area contributed by atoms with E-state index in [2.05, 4.69) is 9.88 Å². The Balaban J connectivity index is 1.56. The van der Waals surface area contributed by atoms with Crippen LogP contribution in [0.1, 0.15) is 31.9 Å². The van der Waals surface area contributed by atoms with Gasteiger partial charge < -0.3 is 25.1 Å². The molecule has 1 aromatic heterocycles. The summed E-state index contributed by atoms with van der Waals surface area (Å²) >= 11 is 0. The maximum Gasteiger partial charge on any atom is 0.410 e. The zero-order valence-electron chi connectivity index (χ0n) is 19.6. The van der Waals surface area contributed by atoms with Gasteiger partial charge >= 0.3 is 6.09 Å². The minimum Gasteiger partial charge on any atom is -0.492 e. The maximum atomic E-state index is 12.2. The fraction of sp³-hybridized carbons (Fsp3) is 0.417. The van der Waals surface area contributed by atoms with Crippen molar-refractivity contribution in [2.45, 2.75) is 26.4 Å². The van der Waals surface area contributed by atoms with E-state index in [4.69, 9.17) is 15.2 Å². The predicted molar refractivity (Wildman–Crippen MR) is 126 cm³/mol. The van der Waals surface area contributed by atoms with Crippen LogP contribution < -0.4 is 16.0 Å². The second-order valence-corrected chi connectivity index (χ2v) is 8.90. The number of ether oxygens (including phenoxy) is 2. The number of nitrogens with zero attached hydrogens (tertiary/aromatic N) is 4. The normalized spacial score (nSPS) is 14.2. The molecular weight excluding hydrogens is 436 g/mol. The topological polar surface area (TPSA) is 148 Å². The Hall–Kier alpha value is -4.02. The molecule has 0 radical (unpaired) electrons. The average Bonchev–Trinajstić information content (AvgIpc) is 2.78. The number of rotatable bonds is 5. The fourth-order valence-corrected chi connectivity index (χ4v) is 3.62. The quantitative estimate of drug-likeness (QED) is 0.685. The molecule has 1 aromatic carbocycles. The number of nitrogens with two attached hydrogens (primary N) is 1. The standard InChI is InChI=1S/C24H28N6O4/c1-24(2,3)34-23(32)30-10-8-29(9-11-30)12-13-33-17-6-4-16(5-7-17)20-18(14-25)21(27)28-22(31)19(20)15-26/h4-7H,8-13H2,1-3H3,(H3,27,28,31). The van der Waals surface area contributed by atoms with Crippen LogP contribution in [0, 0.1) is 22.7 Å². The molecule has 10 heteroatoms. The van der Waals surface area contributed by atoms with Crippen molar-refractivity contribution >= 4 is 11.9 Å². The zero-order valence-corrected chi connectivity index (χ0v) is 19.6. The summed E-state index contributed by atoms with van der Waals surface area (Å²) in [6.07, 6.45) is -0.287. The number of nitrogens with one attached hydrogen (secondary N) is 1. The summed E-state index contributed by atoms with van der Waals surface area (Å²) in [6, 6.07) is 10.6. The van der Waals surface area contributed by atoms with Crippen LogP contribution in [-0.2, 0) is 4.74 Å². The number of anilines is 1. The van der Waals surface area contributed by atoms with Gasteiger partial charge in [0.2, 0.25) is 0 Å². The number of carbonyl (C=O) groups excluding carboxylic acids is 1. The van der Waals surface area contributed by atoms with Crippen molar-refractivity contribution in [1.82, 2.24) is 14.8 Å². The molecule has 0 saturated carbocycles. The summed E-state index contributed by atoms with van der Waals surface area (Å²) < 4.78 is 11.2. The van der Waals surface area contributed by atoms with E-state index in [0.29, 0.717) is 37.6 Å². The van der Waals surface area contributed by atoms with Crippen LogP contribution in [0.4, 0.5) is 10.6 Å². The molecule has 178 valence electrons. The molecule has 3 N–H and O–H groups in total. The molecule has 1 amide bonds. The van der Waals surface area contributed by atoms with Crippen LogP contribution in [-0.4, -0.2) is 65.8 Å². The Bertz CT molecular complexity index is 1180. The van der Waals surface area contributed by atoms with Crippen LogP contribution in [0.25, 0.3) is 11.1 Å². The average molecular weight is 465 g/mol. The molecular formula is C24H28N6O4. The second-order valence-electron chi connectivity index (χ2n) is 8.90. The second kappa shape index (κ2) is 10.3. The van der Waals surface area contributed by atoms with Crippen LogP contribution in [0.3, 0.4) is 0 Å². The lowest BCUT2D eigenvalue weighted by molar-refractivity contribution is 0.0137. The van der Waals surface area contributed by atoms with Gasteiger partial charge in [0.15, 0.2) is 0 Å². The minimum atomic E-state index is -0.638. The lowest BCUT2D eigenvalue weighted by atomic mass is 9.97. The first-order valence-corrected chi connectivity index (χ1v) is 10.9. The van der Waals surface area contributed by atoms with E-state index in [1.165, 1.54) is 0 Å². The number of carbonyl (C=O) groups is 1. The number of piperazine rings is 1. The number of aromatic amines is 1. The van der Waals surface area contributed by atoms with Gasteiger partial charge in [-0.1, -0.05) is 12.1 Å². The summed E-state index contributed by atoms with van der Waals surface area (Å²) in [7, 11) is 0. The van der Waals surface area contributed by atoms with Gasteiger partial charge in [-0.3, -0.25) is 9.69 Å². The summed E-state index contributed by atoms with van der Waals surface area (Å²) in [5.41, 5.74) is 5.24. The van der Waals surface area contributed by atoms with E-state index in [1.54, 1.807) is 29.2 Å². The first-order valence-electron chi connectivity index (χ1n) is 10.9. The highest BCUT2D eigenvalue weighted by molar-refractivity contribution is 5.80. The molecule has 1 aliphatic heterocycles. The van der Waals surface area contributed by atoms with Crippen molar-refractivity contribution < 1.29 is 14.3 Å². The number of amides is 1. The van der Waals surface area contributed by atoms with E-state index < -0.39 is 11.2 Å². The number of hydrogen-bond acceptors (Lipinski definition) is 8. The first kappa shape index (κ1) is 24.6. The van der Waals surface area contributed by atoms with Crippen LogP contribution in [0.15, 0.2) is 29.1 Å². The van der Waals surface area contributed by atoms with Crippen LogP contribution >= 0.6 is 0 Å². The monoisotopic (exact) mass is 464 g/mol. The van der Waals surface area contributed by atoms with Crippen molar-refractivity contribution in [3.05, 3.63) is 45.7 Å². The number of aromatic nitrogens is 1. The minimum absolute atomic E-state index is 0.0512. The molecule has 2 aromatic rings. The lowest BCUT2D eigenvalue weighted by Crippen LogP contribution is -2.50. The van der Waals surface area contributed by atoms with Gasteiger partial charge in [0.25, 0.3) is 5.56 Å². The van der Waals surface area contributed by atoms with E-state index >= 15 is 0 Å². The number of benzene rings is 1. The van der Waals surface area contributed by atoms with Crippen molar-refractivity contribution in [3.63, 3.8) is 0 Å². The van der Waals surface area contributed by atoms with Crippen LogP contribution in [0.5, 0.6) is 5.75 Å². The Morgan fingerprint density at radius 2 is 1.71 bits per heavy atom. The third-order valence-corrected chi connectivity index (χ3v) is 5.31. The summed E-state index contributed by atoms with van der Waals surface area (Å²) in [4.78, 5) is 30.5. The molecule has 0 bridgehead atoms. The highest BCUT2D eigenvalue weighted by atomic mass is 16.6. The highest BCUT2D eigenvalue weighted by Crippen LogP contribution is 2.29. The number of H-pyrrole nitrogens is 1. The number of nitriles is 2. The van der Waals surface area contributed by atoms with Gasteiger partial charge in [-0.05, 0) is 38.5 Å². The summed E-state index contributed by atoms with van der Waals surface area (Å²) in [5.74, 6) is 0.541. The molecule has 0 atom stereocenters. The van der Waals surface area contributed by atoms with Gasteiger partial charge in [-0.2, -0.15) is 10.5 Å². The van der Waals surface area contributed by atoms with Gasteiger partial charge in [-0.25, -0.2) is 4.79 Å². The Labute approximate surface area is 198 Å². The number of nitrogen functional groups attached to an aromatic ring is 1. The summed E-state index contributed by atoms with van der Waals surface area (Å²) in [5, 5.41) is 18.8. The molecule has 34 heavy (non-hydrogen) atoms. The van der Waals surface area contributed by atoms with E-state index in [9.17, 15) is 20.1 Å². The van der Waals surface area contributed by atoms with Crippen LogP contribution in [0.2, 0.25) is 0 Å². The molecule has 3 rings (SSSR count). The van der Waals surface area contributed by atoms with Gasteiger partial charge in [0, 0.05) is 38.3 Å². The molecule has 1 saturated heterocycles. The molecule has 1 fully saturated rings. The predicted octanol–water partition coefficient (Wildman–Crippen LogP) is 2.30. The van der Waals surface area contributed by atoms with Gasteiger partial charge in [-0.15, -0.1) is 0 Å². The highest BCUT2D eigenvalue weighted by Gasteiger charge is 2.25. The molecule has 0 aliphatic carbocycles. The number of pyridine rings is 1. The molecule has 1 aliphatic rings. The third kappa shape index (κ3) is 5.85. The molecule has 10 nitrogen and oxygen atoms in total. The Morgan fingerprint density at radius 1 is 1.09 bits per heavy atom. The number of hydrogen-bond donors (Lipinski definition) is 2. The smallest absolute Gasteiger partial charge is 0.410 e. The first-order chi connectivity index (χ1) is 16.1. The van der Waals surface area contributed by atoms with Crippen molar-refractivity contribution in [2.24, 2.45) is 0 Å². The van der Waals surface area contributed by atoms with E-state index in [0.717, 1.165) is 13.1 Å². The van der Waals surface area contributed by atoms with Gasteiger partial charge in [0.1, 0.15) is 47.0 Å². The SMILES string of the molecule is CC(C)(C)OC(=O)N1CCN(CCOc2ccc(-c3c(C#N)c(N)[nH]c(=O)c3C#N)cc2)CC1. The Morgan fingerprint density at radius 3 is 2.26 bits per heavy atom. The molecule has 0 unspecified atom stereocenters. The van der Waals surface area contributed by atoms with Crippen molar-refractivity contribution in [1.29, 1.82) is 10.5 Å². The fourth-order valence-electron chi connectivity index (χ4n) is 3.62. The Kier molecular flexibility index (Phi) is 7.44. The van der Waals surface area contributed by atoms with Crippen molar-refractivity contribution in [3.8, 4) is 29.0 Å². The largest absolute Gasteiger partial charge is 0.492 e. The maximum absolute atomic E-state index is 12.2. The lowest BCUT2D eigenvalue weighted by Gasteiger charge is -2.35. The third-order valence-electron chi connectivity index (χ3n) is 5.31. The van der Waals surface area contributed by atoms with Gasteiger partial charge in [0.05, 0.1) is 0 Å². The molecule has 2 heterocycles. The summed E-state index contributed by atoms with van der Waals surface area (Å²) in [6.45, 7) is 9.39. The van der Waals surface area contributed by atoms with E-state index in [-0.39, 0.29) is 28.6 Å².